The molecule has 4 rings (SSSR count). The van der Waals surface area contributed by atoms with Crippen molar-refractivity contribution in [1.82, 2.24) is 9.62 Å². The third kappa shape index (κ3) is 5.86. The summed E-state index contributed by atoms with van der Waals surface area (Å²) < 4.78 is 45.5. The van der Waals surface area contributed by atoms with Crippen molar-refractivity contribution in [2.24, 2.45) is 0 Å². The molecule has 1 N–H and O–H groups in total. The van der Waals surface area contributed by atoms with E-state index in [2.05, 4.69) is 5.32 Å². The standard InChI is InChI=1S/C24H25FN2O4S2/c25-20-8-6-19(7-9-20)24(22-2-1-17-32-22)26-23(28)12-5-18-3-10-21(11-4-18)33(29,30)27-13-15-31-16-14-27/h1-4,6-11,17,24H,5,12-16H2,(H,26,28). The largest absolute Gasteiger partial charge is 0.379 e. The molecule has 0 aliphatic carbocycles. The molecule has 0 spiro atoms. The van der Waals surface area contributed by atoms with Crippen molar-refractivity contribution in [3.8, 4) is 0 Å². The first-order valence-corrected chi connectivity index (χ1v) is 13.0. The number of carbonyl (C=O) groups excluding carboxylic acids is 1. The van der Waals surface area contributed by atoms with Gasteiger partial charge in [0, 0.05) is 24.4 Å². The summed E-state index contributed by atoms with van der Waals surface area (Å²) in [4.78, 5) is 13.9. The van der Waals surface area contributed by atoms with E-state index in [9.17, 15) is 17.6 Å². The smallest absolute Gasteiger partial charge is 0.243 e. The van der Waals surface area contributed by atoms with Crippen LogP contribution in [-0.2, 0) is 26.0 Å². The Morgan fingerprint density at radius 2 is 1.76 bits per heavy atom. The highest BCUT2D eigenvalue weighted by atomic mass is 32.2. The predicted molar refractivity (Wildman–Crippen MR) is 125 cm³/mol. The number of halogens is 1. The van der Waals surface area contributed by atoms with E-state index in [-0.39, 0.29) is 29.1 Å². The van der Waals surface area contributed by atoms with Gasteiger partial charge in [-0.05, 0) is 53.3 Å². The number of benzene rings is 2. The van der Waals surface area contributed by atoms with Crippen molar-refractivity contribution in [1.29, 1.82) is 0 Å². The Kier molecular flexibility index (Phi) is 7.54. The van der Waals surface area contributed by atoms with Crippen LogP contribution in [-0.4, -0.2) is 44.9 Å². The van der Waals surface area contributed by atoms with E-state index in [1.165, 1.54) is 27.8 Å². The summed E-state index contributed by atoms with van der Waals surface area (Å²) in [6.45, 7) is 1.50. The Labute approximate surface area is 197 Å². The molecule has 1 aliphatic rings. The first kappa shape index (κ1) is 23.6. The summed E-state index contributed by atoms with van der Waals surface area (Å²) in [5.41, 5.74) is 1.69. The normalized spacial score (nSPS) is 15.8. The topological polar surface area (TPSA) is 75.7 Å². The van der Waals surface area contributed by atoms with E-state index >= 15 is 0 Å². The predicted octanol–water partition coefficient (Wildman–Crippen LogP) is 3.75. The molecule has 2 heterocycles. The lowest BCUT2D eigenvalue weighted by Crippen LogP contribution is -2.40. The molecular formula is C24H25FN2O4S2. The van der Waals surface area contributed by atoms with Crippen LogP contribution in [0.1, 0.15) is 28.5 Å². The van der Waals surface area contributed by atoms with E-state index in [0.29, 0.717) is 32.7 Å². The van der Waals surface area contributed by atoms with E-state index in [4.69, 9.17) is 4.74 Å². The average molecular weight is 489 g/mol. The Morgan fingerprint density at radius 1 is 1.06 bits per heavy atom. The van der Waals surface area contributed by atoms with Gasteiger partial charge in [-0.1, -0.05) is 30.3 Å². The first-order chi connectivity index (χ1) is 15.9. The highest BCUT2D eigenvalue weighted by Gasteiger charge is 2.26. The molecule has 1 saturated heterocycles. The number of hydrogen-bond donors (Lipinski definition) is 1. The van der Waals surface area contributed by atoms with Crippen molar-refractivity contribution >= 4 is 27.3 Å². The number of amides is 1. The number of carbonyl (C=O) groups is 1. The monoisotopic (exact) mass is 488 g/mol. The van der Waals surface area contributed by atoms with Gasteiger partial charge in [0.25, 0.3) is 0 Å². The highest BCUT2D eigenvalue weighted by Crippen LogP contribution is 2.26. The number of nitrogens with zero attached hydrogens (tertiary/aromatic N) is 1. The van der Waals surface area contributed by atoms with Crippen molar-refractivity contribution in [2.45, 2.75) is 23.8 Å². The number of morpholine rings is 1. The molecule has 33 heavy (non-hydrogen) atoms. The van der Waals surface area contributed by atoms with Gasteiger partial charge in [-0.25, -0.2) is 12.8 Å². The van der Waals surface area contributed by atoms with Crippen LogP contribution in [0.5, 0.6) is 0 Å². The lowest BCUT2D eigenvalue weighted by atomic mass is 10.0. The molecule has 6 nitrogen and oxygen atoms in total. The summed E-state index contributed by atoms with van der Waals surface area (Å²) in [6.07, 6.45) is 0.725. The zero-order valence-corrected chi connectivity index (χ0v) is 19.6. The molecule has 1 atom stereocenters. The van der Waals surface area contributed by atoms with Gasteiger partial charge in [-0.15, -0.1) is 11.3 Å². The van der Waals surface area contributed by atoms with Crippen molar-refractivity contribution in [3.05, 3.63) is 87.9 Å². The fourth-order valence-electron chi connectivity index (χ4n) is 3.68. The summed E-state index contributed by atoms with van der Waals surface area (Å²) >= 11 is 1.52. The number of aryl methyl sites for hydroxylation is 1. The van der Waals surface area contributed by atoms with E-state index in [0.717, 1.165) is 16.0 Å². The molecule has 1 aromatic heterocycles. The molecule has 1 amide bonds. The van der Waals surface area contributed by atoms with Crippen molar-refractivity contribution in [3.63, 3.8) is 0 Å². The van der Waals surface area contributed by atoms with Crippen LogP contribution >= 0.6 is 11.3 Å². The molecule has 0 bridgehead atoms. The maximum atomic E-state index is 13.3. The minimum absolute atomic E-state index is 0.136. The molecule has 0 saturated carbocycles. The second kappa shape index (κ2) is 10.6. The summed E-state index contributed by atoms with van der Waals surface area (Å²) in [7, 11) is -3.54. The Hall–Kier alpha value is -2.59. The second-order valence-corrected chi connectivity index (χ2v) is 10.6. The fourth-order valence-corrected chi connectivity index (χ4v) is 5.90. The number of ether oxygens (including phenoxy) is 1. The average Bonchev–Trinajstić information content (AvgIpc) is 3.37. The number of rotatable bonds is 8. The molecule has 2 aromatic carbocycles. The number of nitrogens with one attached hydrogen (secondary N) is 1. The van der Waals surface area contributed by atoms with Crippen LogP contribution < -0.4 is 5.32 Å². The maximum absolute atomic E-state index is 13.3. The van der Waals surface area contributed by atoms with Gasteiger partial charge >= 0.3 is 0 Å². The Bertz CT molecular complexity index is 1160. The minimum atomic E-state index is -3.54. The van der Waals surface area contributed by atoms with Crippen LogP contribution in [0.2, 0.25) is 0 Å². The molecule has 0 radical (unpaired) electrons. The SMILES string of the molecule is O=C(CCc1ccc(S(=O)(=O)N2CCOCC2)cc1)NC(c1ccc(F)cc1)c1cccs1. The van der Waals surface area contributed by atoms with Gasteiger partial charge in [-0.2, -0.15) is 4.31 Å². The molecule has 174 valence electrons. The molecule has 1 aliphatic heterocycles. The van der Waals surface area contributed by atoms with Gasteiger partial charge in [0.15, 0.2) is 0 Å². The lowest BCUT2D eigenvalue weighted by Gasteiger charge is -2.26. The van der Waals surface area contributed by atoms with Crippen LogP contribution in [0, 0.1) is 5.82 Å². The zero-order valence-electron chi connectivity index (χ0n) is 17.9. The van der Waals surface area contributed by atoms with Crippen molar-refractivity contribution in [2.75, 3.05) is 26.3 Å². The van der Waals surface area contributed by atoms with Gasteiger partial charge in [0.05, 0.1) is 24.2 Å². The summed E-state index contributed by atoms with van der Waals surface area (Å²) in [6, 6.07) is 16.3. The Morgan fingerprint density at radius 3 is 2.39 bits per heavy atom. The molecule has 1 unspecified atom stereocenters. The second-order valence-electron chi connectivity index (χ2n) is 7.73. The number of thiophene rings is 1. The Balaban J connectivity index is 1.38. The van der Waals surface area contributed by atoms with Crippen LogP contribution in [0.3, 0.4) is 0 Å². The van der Waals surface area contributed by atoms with Gasteiger partial charge in [0.2, 0.25) is 15.9 Å². The lowest BCUT2D eigenvalue weighted by molar-refractivity contribution is -0.121. The summed E-state index contributed by atoms with van der Waals surface area (Å²) in [5.74, 6) is -0.461. The minimum Gasteiger partial charge on any atom is -0.379 e. The first-order valence-electron chi connectivity index (χ1n) is 10.7. The third-order valence-electron chi connectivity index (χ3n) is 5.51. The number of sulfonamides is 1. The van der Waals surface area contributed by atoms with Crippen molar-refractivity contribution < 1.29 is 22.3 Å². The third-order valence-corrected chi connectivity index (χ3v) is 8.36. The van der Waals surface area contributed by atoms with E-state index in [1.807, 2.05) is 17.5 Å². The van der Waals surface area contributed by atoms with E-state index in [1.54, 1.807) is 36.4 Å². The van der Waals surface area contributed by atoms with Gasteiger partial charge in [0.1, 0.15) is 5.82 Å². The maximum Gasteiger partial charge on any atom is 0.243 e. The van der Waals surface area contributed by atoms with Gasteiger partial charge in [-0.3, -0.25) is 4.79 Å². The van der Waals surface area contributed by atoms with Crippen LogP contribution in [0.25, 0.3) is 0 Å². The highest BCUT2D eigenvalue weighted by molar-refractivity contribution is 7.89. The summed E-state index contributed by atoms with van der Waals surface area (Å²) in [5, 5.41) is 4.97. The fraction of sp³-hybridized carbons (Fsp3) is 0.292. The quantitative estimate of drug-likeness (QED) is 0.524. The molecule has 9 heteroatoms. The van der Waals surface area contributed by atoms with E-state index < -0.39 is 10.0 Å². The van der Waals surface area contributed by atoms with Gasteiger partial charge < -0.3 is 10.1 Å². The molecular weight excluding hydrogens is 463 g/mol. The zero-order chi connectivity index (χ0) is 23.3. The number of hydrogen-bond acceptors (Lipinski definition) is 5. The molecule has 3 aromatic rings. The van der Waals surface area contributed by atoms with Crippen LogP contribution in [0.15, 0.2) is 70.9 Å². The molecule has 1 fully saturated rings. The van der Waals surface area contributed by atoms with Crippen LogP contribution in [0.4, 0.5) is 4.39 Å².